The van der Waals surface area contributed by atoms with Gasteiger partial charge in [0.1, 0.15) is 0 Å². The Labute approximate surface area is 96.0 Å². The van der Waals surface area contributed by atoms with Gasteiger partial charge in [-0.25, -0.2) is 0 Å². The minimum Gasteiger partial charge on any atom is -0.325 e. The molecule has 1 aromatic carbocycles. The van der Waals surface area contributed by atoms with E-state index in [-0.39, 0.29) is 24.0 Å². The Morgan fingerprint density at radius 1 is 1.40 bits per heavy atom. The fraction of sp³-hybridized carbons (Fsp3) is 0.273. The van der Waals surface area contributed by atoms with Crippen LogP contribution in [0.1, 0.15) is 23.7 Å². The quantitative estimate of drug-likeness (QED) is 0.786. The van der Waals surface area contributed by atoms with Gasteiger partial charge in [-0.05, 0) is 18.2 Å². The van der Waals surface area contributed by atoms with Crippen LogP contribution in [-0.4, -0.2) is 11.7 Å². The minimum absolute atomic E-state index is 0.0182. The summed E-state index contributed by atoms with van der Waals surface area (Å²) in [5, 5.41) is 2.73. The number of amides is 1. The third-order valence-electron chi connectivity index (χ3n) is 2.46. The summed E-state index contributed by atoms with van der Waals surface area (Å²) in [6.45, 7) is 1.78. The Bertz CT molecular complexity index is 442. The van der Waals surface area contributed by atoms with Crippen LogP contribution >= 0.6 is 15.9 Å². The summed E-state index contributed by atoms with van der Waals surface area (Å²) in [5.41, 5.74) is 1.19. The van der Waals surface area contributed by atoms with Crippen LogP contribution < -0.4 is 5.32 Å². The van der Waals surface area contributed by atoms with Crippen LogP contribution in [0, 0.1) is 5.92 Å². The van der Waals surface area contributed by atoms with Crippen molar-refractivity contribution in [3.8, 4) is 0 Å². The lowest BCUT2D eigenvalue weighted by atomic mass is 9.97. The molecule has 0 saturated heterocycles. The van der Waals surface area contributed by atoms with E-state index in [1.54, 1.807) is 19.1 Å². The van der Waals surface area contributed by atoms with Gasteiger partial charge in [-0.2, -0.15) is 0 Å². The molecule has 0 aromatic heterocycles. The number of hydrogen-bond donors (Lipinski definition) is 1. The molecule has 0 radical (unpaired) electrons. The highest BCUT2D eigenvalue weighted by molar-refractivity contribution is 9.10. The molecule has 1 aliphatic heterocycles. The monoisotopic (exact) mass is 267 g/mol. The second-order valence-electron chi connectivity index (χ2n) is 3.71. The van der Waals surface area contributed by atoms with Crippen molar-refractivity contribution in [1.29, 1.82) is 0 Å². The molecular formula is C11H10BrNO2. The Kier molecular flexibility index (Phi) is 2.61. The largest absolute Gasteiger partial charge is 0.325 e. The molecule has 1 aliphatic rings. The molecule has 0 spiro atoms. The molecule has 78 valence electrons. The predicted octanol–water partition coefficient (Wildman–Crippen LogP) is 2.61. The molecule has 15 heavy (non-hydrogen) atoms. The second kappa shape index (κ2) is 3.77. The lowest BCUT2D eigenvalue weighted by Crippen LogP contribution is -2.14. The number of anilines is 1. The van der Waals surface area contributed by atoms with Crippen LogP contribution in [-0.2, 0) is 4.79 Å². The van der Waals surface area contributed by atoms with Gasteiger partial charge in [-0.1, -0.05) is 22.9 Å². The van der Waals surface area contributed by atoms with Crippen molar-refractivity contribution in [2.75, 3.05) is 5.32 Å². The van der Waals surface area contributed by atoms with E-state index in [4.69, 9.17) is 0 Å². The van der Waals surface area contributed by atoms with Crippen LogP contribution in [0.4, 0.5) is 5.69 Å². The number of Topliss-reactive ketones (excluding diaryl/α,β-unsaturated/α-hetero) is 1. The van der Waals surface area contributed by atoms with Crippen LogP contribution in [0.3, 0.4) is 0 Å². The number of nitrogens with one attached hydrogen (secondary N) is 1. The van der Waals surface area contributed by atoms with Crippen LogP contribution in [0.15, 0.2) is 22.7 Å². The van der Waals surface area contributed by atoms with Gasteiger partial charge in [0, 0.05) is 22.4 Å². The average Bonchev–Trinajstić information content (AvgIpc) is 2.27. The zero-order valence-electron chi connectivity index (χ0n) is 8.21. The van der Waals surface area contributed by atoms with Gasteiger partial charge < -0.3 is 5.32 Å². The Hall–Kier alpha value is -1.16. The van der Waals surface area contributed by atoms with Gasteiger partial charge in [0.15, 0.2) is 5.78 Å². The van der Waals surface area contributed by atoms with Crippen molar-refractivity contribution in [3.63, 3.8) is 0 Å². The lowest BCUT2D eigenvalue weighted by Gasteiger charge is -2.06. The highest BCUT2D eigenvalue weighted by atomic mass is 79.9. The number of hydrogen-bond acceptors (Lipinski definition) is 2. The zero-order chi connectivity index (χ0) is 11.0. The summed E-state index contributed by atoms with van der Waals surface area (Å²) in [6.07, 6.45) is 0.255. The van der Waals surface area contributed by atoms with Crippen molar-refractivity contribution >= 4 is 33.3 Å². The summed E-state index contributed by atoms with van der Waals surface area (Å²) in [5.74, 6) is -0.331. The molecular weight excluding hydrogens is 258 g/mol. The fourth-order valence-corrected chi connectivity index (χ4v) is 2.03. The van der Waals surface area contributed by atoms with Gasteiger partial charge in [0.25, 0.3) is 0 Å². The Morgan fingerprint density at radius 3 is 2.87 bits per heavy atom. The standard InChI is InChI=1S/C11H10BrNO2/c1-6-4-10(14)13-9-3-2-7(12)5-8(9)11(6)15/h2-3,5-6H,4H2,1H3,(H,13,14). The smallest absolute Gasteiger partial charge is 0.225 e. The third kappa shape index (κ3) is 1.95. The topological polar surface area (TPSA) is 46.2 Å². The summed E-state index contributed by atoms with van der Waals surface area (Å²) < 4.78 is 0.845. The van der Waals surface area contributed by atoms with Crippen LogP contribution in [0.25, 0.3) is 0 Å². The highest BCUT2D eigenvalue weighted by Gasteiger charge is 2.25. The molecule has 0 bridgehead atoms. The number of fused-ring (bicyclic) bond motifs is 1. The predicted molar refractivity (Wildman–Crippen MR) is 60.9 cm³/mol. The molecule has 1 amide bonds. The van der Waals surface area contributed by atoms with Crippen molar-refractivity contribution in [2.45, 2.75) is 13.3 Å². The first-order valence-electron chi connectivity index (χ1n) is 4.71. The van der Waals surface area contributed by atoms with Gasteiger partial charge in [-0.3, -0.25) is 9.59 Å². The minimum atomic E-state index is -0.249. The summed E-state index contributed by atoms with van der Waals surface area (Å²) in [6, 6.07) is 5.30. The molecule has 1 aromatic rings. The Morgan fingerprint density at radius 2 is 2.13 bits per heavy atom. The molecule has 2 rings (SSSR count). The number of rotatable bonds is 0. The van der Waals surface area contributed by atoms with E-state index in [1.807, 2.05) is 6.07 Å². The number of carbonyl (C=O) groups excluding carboxylic acids is 2. The first-order valence-corrected chi connectivity index (χ1v) is 5.51. The molecule has 1 N–H and O–H groups in total. The van der Waals surface area contributed by atoms with Crippen molar-refractivity contribution in [2.24, 2.45) is 5.92 Å². The van der Waals surface area contributed by atoms with Gasteiger partial charge in [0.2, 0.25) is 5.91 Å². The van der Waals surface area contributed by atoms with E-state index in [2.05, 4.69) is 21.2 Å². The molecule has 0 fully saturated rings. The maximum Gasteiger partial charge on any atom is 0.225 e. The molecule has 1 heterocycles. The number of ketones is 1. The number of benzene rings is 1. The average molecular weight is 268 g/mol. The normalized spacial score (nSPS) is 20.5. The molecule has 1 unspecified atom stereocenters. The number of halogens is 1. The van der Waals surface area contributed by atoms with Crippen molar-refractivity contribution in [3.05, 3.63) is 28.2 Å². The maximum absolute atomic E-state index is 11.9. The van der Waals surface area contributed by atoms with Crippen LogP contribution in [0.2, 0.25) is 0 Å². The molecule has 0 aliphatic carbocycles. The molecule has 1 atom stereocenters. The Balaban J connectivity index is 2.55. The van der Waals surface area contributed by atoms with E-state index < -0.39 is 0 Å². The van der Waals surface area contributed by atoms with E-state index in [1.165, 1.54) is 0 Å². The van der Waals surface area contributed by atoms with E-state index >= 15 is 0 Å². The van der Waals surface area contributed by atoms with Crippen LogP contribution in [0.5, 0.6) is 0 Å². The third-order valence-corrected chi connectivity index (χ3v) is 2.95. The van der Waals surface area contributed by atoms with E-state index in [0.717, 1.165) is 4.47 Å². The molecule has 3 nitrogen and oxygen atoms in total. The SMILES string of the molecule is CC1CC(=O)Nc2ccc(Br)cc2C1=O. The summed E-state index contributed by atoms with van der Waals surface area (Å²) in [4.78, 5) is 23.3. The van der Waals surface area contributed by atoms with E-state index in [9.17, 15) is 9.59 Å². The first kappa shape index (κ1) is 10.4. The molecule has 4 heteroatoms. The van der Waals surface area contributed by atoms with Crippen molar-refractivity contribution in [1.82, 2.24) is 0 Å². The van der Waals surface area contributed by atoms with Gasteiger partial charge in [0.05, 0.1) is 5.69 Å². The summed E-state index contributed by atoms with van der Waals surface area (Å²) in [7, 11) is 0. The summed E-state index contributed by atoms with van der Waals surface area (Å²) >= 11 is 3.31. The molecule has 0 saturated carbocycles. The highest BCUT2D eigenvalue weighted by Crippen LogP contribution is 2.27. The number of carbonyl (C=O) groups is 2. The lowest BCUT2D eigenvalue weighted by molar-refractivity contribution is -0.116. The van der Waals surface area contributed by atoms with Gasteiger partial charge >= 0.3 is 0 Å². The maximum atomic E-state index is 11.9. The van der Waals surface area contributed by atoms with E-state index in [0.29, 0.717) is 11.3 Å². The van der Waals surface area contributed by atoms with Crippen molar-refractivity contribution < 1.29 is 9.59 Å². The fourth-order valence-electron chi connectivity index (χ4n) is 1.67. The van der Waals surface area contributed by atoms with Gasteiger partial charge in [-0.15, -0.1) is 0 Å². The zero-order valence-corrected chi connectivity index (χ0v) is 9.80. The first-order chi connectivity index (χ1) is 7.08. The second-order valence-corrected chi connectivity index (χ2v) is 4.62.